The molecule has 5 fully saturated rings. The van der Waals surface area contributed by atoms with Gasteiger partial charge in [0.15, 0.2) is 23.2 Å². The molecular formula is C18H25NO9. The maximum absolute atomic E-state index is 12.3. The van der Waals surface area contributed by atoms with Crippen molar-refractivity contribution >= 4 is 12.1 Å². The van der Waals surface area contributed by atoms with E-state index in [-0.39, 0.29) is 12.6 Å². The first-order valence-electron chi connectivity index (χ1n) is 9.61. The first kappa shape index (κ1) is 18.6. The number of carbonyl (C=O) groups is 2. The average Bonchev–Trinajstić information content (AvgIpc) is 3.39. The highest BCUT2D eigenvalue weighted by atomic mass is 16.8. The molecule has 7 atom stereocenters. The van der Waals surface area contributed by atoms with Crippen LogP contribution in [0.3, 0.4) is 0 Å². The zero-order valence-electron chi connectivity index (χ0n) is 16.3. The third-order valence-corrected chi connectivity index (χ3v) is 6.30. The third kappa shape index (κ3) is 2.45. The molecule has 1 spiro atoms. The molecule has 0 bridgehead atoms. The summed E-state index contributed by atoms with van der Waals surface area (Å²) < 4.78 is 34.0. The lowest BCUT2D eigenvalue weighted by molar-refractivity contribution is -0.335. The van der Waals surface area contributed by atoms with Crippen molar-refractivity contribution in [1.82, 2.24) is 5.06 Å². The summed E-state index contributed by atoms with van der Waals surface area (Å²) in [5, 5.41) is 1.75. The molecule has 0 N–H and O–H groups in total. The average molecular weight is 399 g/mol. The van der Waals surface area contributed by atoms with E-state index in [4.69, 9.17) is 33.3 Å². The van der Waals surface area contributed by atoms with Gasteiger partial charge in [0.05, 0.1) is 7.11 Å². The molecule has 0 amide bonds. The first-order chi connectivity index (χ1) is 13.2. The molecule has 10 nitrogen and oxygen atoms in total. The van der Waals surface area contributed by atoms with Gasteiger partial charge < -0.3 is 28.4 Å². The molecule has 5 rings (SSSR count). The van der Waals surface area contributed by atoms with Crippen LogP contribution in [0, 0.1) is 0 Å². The van der Waals surface area contributed by atoms with Crippen LogP contribution in [-0.2, 0) is 38.1 Å². The second kappa shape index (κ2) is 5.79. The Labute approximate surface area is 162 Å². The smallest absolute Gasteiger partial charge is 0.467 e. The Morgan fingerprint density at radius 2 is 1.96 bits per heavy atom. The Morgan fingerprint density at radius 1 is 1.18 bits per heavy atom. The van der Waals surface area contributed by atoms with E-state index in [0.717, 1.165) is 6.42 Å². The van der Waals surface area contributed by atoms with Crippen LogP contribution in [0.5, 0.6) is 0 Å². The zero-order valence-corrected chi connectivity index (χ0v) is 16.3. The number of hydroxylamine groups is 2. The molecular weight excluding hydrogens is 374 g/mol. The van der Waals surface area contributed by atoms with Gasteiger partial charge in [-0.1, -0.05) is 0 Å². The zero-order chi connectivity index (χ0) is 19.9. The van der Waals surface area contributed by atoms with Crippen LogP contribution in [0.1, 0.15) is 40.0 Å². The SMILES string of the molecule is COC(=O)[C@]1(C)C[C@@H]2CC[C@@]3(O[C@H]([C@H]4COC(=O)O4)[C@@H]4OC(C)(C)O[C@@H]43)N2O1. The van der Waals surface area contributed by atoms with Gasteiger partial charge >= 0.3 is 12.1 Å². The minimum atomic E-state index is -1.08. The normalized spacial score (nSPS) is 49.1. The number of esters is 1. The fourth-order valence-electron chi connectivity index (χ4n) is 5.20. The highest BCUT2D eigenvalue weighted by Gasteiger charge is 2.72. The Balaban J connectivity index is 1.47. The highest BCUT2D eigenvalue weighted by molar-refractivity contribution is 5.79. The van der Waals surface area contributed by atoms with E-state index in [1.54, 1.807) is 12.0 Å². The van der Waals surface area contributed by atoms with Crippen LogP contribution in [-0.4, -0.2) is 78.5 Å². The number of fused-ring (bicyclic) bond motifs is 4. The van der Waals surface area contributed by atoms with E-state index in [0.29, 0.717) is 12.8 Å². The number of hydrogen-bond acceptors (Lipinski definition) is 10. The van der Waals surface area contributed by atoms with E-state index < -0.39 is 53.7 Å². The summed E-state index contributed by atoms with van der Waals surface area (Å²) in [4.78, 5) is 29.9. The predicted octanol–water partition coefficient (Wildman–Crippen LogP) is 0.868. The van der Waals surface area contributed by atoms with Crippen molar-refractivity contribution in [3.05, 3.63) is 0 Å². The quantitative estimate of drug-likeness (QED) is 0.622. The summed E-state index contributed by atoms with van der Waals surface area (Å²) in [6, 6.07) is -0.0156. The van der Waals surface area contributed by atoms with Crippen LogP contribution in [0.4, 0.5) is 4.79 Å². The summed E-state index contributed by atoms with van der Waals surface area (Å²) >= 11 is 0. The molecule has 5 aliphatic heterocycles. The van der Waals surface area contributed by atoms with Crippen molar-refractivity contribution in [1.29, 1.82) is 0 Å². The van der Waals surface area contributed by atoms with Crippen molar-refractivity contribution in [2.75, 3.05) is 13.7 Å². The molecule has 10 heteroatoms. The number of cyclic esters (lactones) is 2. The van der Waals surface area contributed by atoms with Gasteiger partial charge in [0, 0.05) is 12.5 Å². The van der Waals surface area contributed by atoms with Gasteiger partial charge in [-0.25, -0.2) is 9.59 Å². The van der Waals surface area contributed by atoms with Gasteiger partial charge in [0.1, 0.15) is 24.9 Å². The highest BCUT2D eigenvalue weighted by Crippen LogP contribution is 2.56. The molecule has 0 aromatic carbocycles. The lowest BCUT2D eigenvalue weighted by atomic mass is 9.96. The van der Waals surface area contributed by atoms with E-state index in [1.807, 2.05) is 13.8 Å². The summed E-state index contributed by atoms with van der Waals surface area (Å²) in [5.74, 6) is -1.25. The van der Waals surface area contributed by atoms with Crippen molar-refractivity contribution in [3.63, 3.8) is 0 Å². The fourth-order valence-corrected chi connectivity index (χ4v) is 5.20. The van der Waals surface area contributed by atoms with E-state index in [9.17, 15) is 9.59 Å². The molecule has 5 aliphatic rings. The van der Waals surface area contributed by atoms with E-state index >= 15 is 0 Å². The van der Waals surface area contributed by atoms with Gasteiger partial charge in [-0.2, -0.15) is 5.06 Å². The van der Waals surface area contributed by atoms with Gasteiger partial charge in [-0.15, -0.1) is 0 Å². The Bertz CT molecular complexity index is 713. The van der Waals surface area contributed by atoms with Gasteiger partial charge in [-0.05, 0) is 33.6 Å². The maximum Gasteiger partial charge on any atom is 0.508 e. The van der Waals surface area contributed by atoms with Crippen LogP contribution in [0.2, 0.25) is 0 Å². The van der Waals surface area contributed by atoms with E-state index in [2.05, 4.69) is 0 Å². The number of carbonyl (C=O) groups excluding carboxylic acids is 2. The monoisotopic (exact) mass is 399 g/mol. The molecule has 5 heterocycles. The van der Waals surface area contributed by atoms with Crippen molar-refractivity contribution in [3.8, 4) is 0 Å². The summed E-state index contributed by atoms with van der Waals surface area (Å²) in [6.45, 7) is 5.49. The second-order valence-corrected chi connectivity index (χ2v) is 8.70. The summed E-state index contributed by atoms with van der Waals surface area (Å²) in [6.07, 6.45) is -0.877. The second-order valence-electron chi connectivity index (χ2n) is 8.70. The lowest BCUT2D eigenvalue weighted by Gasteiger charge is -2.38. The van der Waals surface area contributed by atoms with Gasteiger partial charge in [0.25, 0.3) is 0 Å². The fraction of sp³-hybridized carbons (Fsp3) is 0.889. The largest absolute Gasteiger partial charge is 0.508 e. The minimum Gasteiger partial charge on any atom is -0.467 e. The van der Waals surface area contributed by atoms with E-state index in [1.165, 1.54) is 7.11 Å². The summed E-state index contributed by atoms with van der Waals surface area (Å²) in [7, 11) is 1.35. The topological polar surface area (TPSA) is 102 Å². The minimum absolute atomic E-state index is 0.0156. The number of ether oxygens (including phenoxy) is 6. The number of rotatable bonds is 2. The van der Waals surface area contributed by atoms with Crippen LogP contribution in [0.25, 0.3) is 0 Å². The molecule has 0 aromatic rings. The Morgan fingerprint density at radius 3 is 2.64 bits per heavy atom. The van der Waals surface area contributed by atoms with Crippen LogP contribution >= 0.6 is 0 Å². The standard InChI is InChI=1S/C18H25NO9/c1-16(2)25-12-11(10-8-23-15(21)24-10)26-18(13(12)27-16)6-5-9-7-17(3,14(20)22-4)28-19(9)18/h9-13H,5-8H2,1-4H3/t9-,10+,11+,12-,13-,17-,18-/m0/s1. The summed E-state index contributed by atoms with van der Waals surface area (Å²) in [5.41, 5.74) is -2.02. The predicted molar refractivity (Wildman–Crippen MR) is 88.6 cm³/mol. The molecule has 5 saturated heterocycles. The third-order valence-electron chi connectivity index (χ3n) is 6.30. The van der Waals surface area contributed by atoms with Gasteiger partial charge in [0.2, 0.25) is 0 Å². The molecule has 0 saturated carbocycles. The lowest BCUT2D eigenvalue weighted by Crippen LogP contribution is -2.54. The molecule has 0 aliphatic carbocycles. The van der Waals surface area contributed by atoms with Crippen molar-refractivity contribution in [2.24, 2.45) is 0 Å². The molecule has 0 radical (unpaired) electrons. The number of methoxy groups -OCH3 is 1. The number of nitrogens with zero attached hydrogens (tertiary/aromatic N) is 1. The van der Waals surface area contributed by atoms with Crippen LogP contribution in [0.15, 0.2) is 0 Å². The molecule has 156 valence electrons. The first-order valence-corrected chi connectivity index (χ1v) is 9.61. The van der Waals surface area contributed by atoms with Crippen molar-refractivity contribution < 1.29 is 42.8 Å². The van der Waals surface area contributed by atoms with Gasteiger partial charge in [-0.3, -0.25) is 4.84 Å². The maximum atomic E-state index is 12.3. The number of hydrogen-bond donors (Lipinski definition) is 0. The molecule has 0 aromatic heterocycles. The van der Waals surface area contributed by atoms with Crippen molar-refractivity contribution in [2.45, 2.75) is 87.6 Å². The molecule has 28 heavy (non-hydrogen) atoms. The van der Waals surface area contributed by atoms with Crippen LogP contribution < -0.4 is 0 Å². The molecule has 0 unspecified atom stereocenters. The Hall–Kier alpha value is -1.46. The Kier molecular flexibility index (Phi) is 3.84.